The Balaban J connectivity index is 1.59. The van der Waals surface area contributed by atoms with E-state index in [1.807, 2.05) is 36.4 Å². The minimum absolute atomic E-state index is 0.106. The molecule has 5 nitrogen and oxygen atoms in total. The summed E-state index contributed by atoms with van der Waals surface area (Å²) in [6, 6.07) is 15.1. The zero-order valence-electron chi connectivity index (χ0n) is 20.3. The smallest absolute Gasteiger partial charge is 0.243 e. The molecular formula is C29H32ClN3O2. The van der Waals surface area contributed by atoms with Gasteiger partial charge in [-0.1, -0.05) is 61.9 Å². The van der Waals surface area contributed by atoms with E-state index in [4.69, 9.17) is 11.6 Å². The predicted octanol–water partition coefficient (Wildman–Crippen LogP) is 6.58. The first-order valence-electron chi connectivity index (χ1n) is 12.4. The van der Waals surface area contributed by atoms with Gasteiger partial charge in [-0.2, -0.15) is 0 Å². The van der Waals surface area contributed by atoms with E-state index < -0.39 is 0 Å². The highest BCUT2D eigenvalue weighted by molar-refractivity contribution is 6.33. The number of Topliss-reactive ketones (excluding diaryl/α,β-unsaturated/α-hetero) is 1. The predicted molar refractivity (Wildman–Crippen MR) is 143 cm³/mol. The molecule has 182 valence electrons. The minimum Gasteiger partial charge on any atom is -0.357 e. The summed E-state index contributed by atoms with van der Waals surface area (Å²) in [6.45, 7) is 4.43. The van der Waals surface area contributed by atoms with Crippen molar-refractivity contribution in [2.24, 2.45) is 11.3 Å². The Morgan fingerprint density at radius 1 is 1.11 bits per heavy atom. The lowest BCUT2D eigenvalue weighted by atomic mass is 9.71. The lowest BCUT2D eigenvalue weighted by Gasteiger charge is -2.41. The third-order valence-electron chi connectivity index (χ3n) is 7.27. The zero-order chi connectivity index (χ0) is 24.6. The van der Waals surface area contributed by atoms with E-state index in [9.17, 15) is 9.59 Å². The van der Waals surface area contributed by atoms with E-state index in [-0.39, 0.29) is 35.6 Å². The van der Waals surface area contributed by atoms with Crippen LogP contribution >= 0.6 is 11.6 Å². The van der Waals surface area contributed by atoms with Crippen molar-refractivity contribution in [3.63, 3.8) is 0 Å². The summed E-state index contributed by atoms with van der Waals surface area (Å²) in [4.78, 5) is 29.2. The van der Waals surface area contributed by atoms with E-state index in [1.165, 1.54) is 0 Å². The van der Waals surface area contributed by atoms with Crippen molar-refractivity contribution >= 4 is 40.4 Å². The number of allylic oxidation sites excluding steroid dienone is 3. The first-order chi connectivity index (χ1) is 16.8. The number of nitrogens with zero attached hydrogens (tertiary/aromatic N) is 1. The molecule has 6 heteroatoms. The zero-order valence-corrected chi connectivity index (χ0v) is 21.1. The van der Waals surface area contributed by atoms with Crippen molar-refractivity contribution in [3.8, 4) is 0 Å². The SMILES string of the molecule is CC1(C)CC(=O)C2=C(C1)Nc1ccccc1N(CC(=O)Nc1ccccc1Cl)[C@@H]2[C@H]1CC=CCC1. The second kappa shape index (κ2) is 9.54. The molecule has 2 aliphatic carbocycles. The summed E-state index contributed by atoms with van der Waals surface area (Å²) in [5, 5.41) is 7.11. The summed E-state index contributed by atoms with van der Waals surface area (Å²) >= 11 is 6.31. The summed E-state index contributed by atoms with van der Waals surface area (Å²) in [5.41, 5.74) is 4.23. The number of anilines is 3. The van der Waals surface area contributed by atoms with Crippen molar-refractivity contribution in [3.05, 3.63) is 77.0 Å². The van der Waals surface area contributed by atoms with Gasteiger partial charge in [0.15, 0.2) is 5.78 Å². The molecule has 2 N–H and O–H groups in total. The van der Waals surface area contributed by atoms with Gasteiger partial charge in [0.2, 0.25) is 5.91 Å². The van der Waals surface area contributed by atoms with Crippen molar-refractivity contribution in [1.82, 2.24) is 0 Å². The molecule has 0 unspecified atom stereocenters. The number of ketones is 1. The highest BCUT2D eigenvalue weighted by Gasteiger charge is 2.43. The molecule has 5 rings (SSSR count). The van der Waals surface area contributed by atoms with Gasteiger partial charge in [0.05, 0.1) is 34.7 Å². The number of amides is 1. The maximum absolute atomic E-state index is 13.7. The van der Waals surface area contributed by atoms with E-state index in [2.05, 4.69) is 41.5 Å². The van der Waals surface area contributed by atoms with Gasteiger partial charge >= 0.3 is 0 Å². The average Bonchev–Trinajstić information content (AvgIpc) is 2.95. The van der Waals surface area contributed by atoms with Gasteiger partial charge in [-0.15, -0.1) is 0 Å². The third kappa shape index (κ3) is 4.87. The number of nitrogens with one attached hydrogen (secondary N) is 2. The van der Waals surface area contributed by atoms with Gasteiger partial charge in [-0.05, 0) is 61.3 Å². The molecule has 1 heterocycles. The van der Waals surface area contributed by atoms with Gasteiger partial charge in [0.1, 0.15) is 0 Å². The molecule has 0 radical (unpaired) electrons. The molecule has 35 heavy (non-hydrogen) atoms. The van der Waals surface area contributed by atoms with E-state index in [1.54, 1.807) is 12.1 Å². The van der Waals surface area contributed by atoms with E-state index >= 15 is 0 Å². The first-order valence-corrected chi connectivity index (χ1v) is 12.8. The number of halogens is 1. The molecule has 1 aliphatic heterocycles. The Labute approximate surface area is 212 Å². The van der Waals surface area contributed by atoms with Crippen LogP contribution < -0.4 is 15.5 Å². The molecule has 0 spiro atoms. The molecule has 2 aromatic carbocycles. The lowest BCUT2D eigenvalue weighted by molar-refractivity contribution is -0.119. The average molecular weight is 490 g/mol. The largest absolute Gasteiger partial charge is 0.357 e. The molecule has 3 aliphatic rings. The van der Waals surface area contributed by atoms with Crippen LogP contribution in [0.3, 0.4) is 0 Å². The van der Waals surface area contributed by atoms with Crippen LogP contribution in [0.25, 0.3) is 0 Å². The Morgan fingerprint density at radius 3 is 2.66 bits per heavy atom. The van der Waals surface area contributed by atoms with E-state index in [0.717, 1.165) is 48.3 Å². The summed E-state index contributed by atoms with van der Waals surface area (Å²) < 4.78 is 0. The number of fused-ring (bicyclic) bond motifs is 1. The lowest BCUT2D eigenvalue weighted by Crippen LogP contribution is -2.49. The molecule has 2 atom stereocenters. The van der Waals surface area contributed by atoms with Crippen LogP contribution in [0.2, 0.25) is 5.02 Å². The fourth-order valence-corrected chi connectivity index (χ4v) is 5.95. The van der Waals surface area contributed by atoms with Crippen molar-refractivity contribution in [2.45, 2.75) is 52.0 Å². The Hall–Kier alpha value is -3.05. The second-order valence-corrected chi connectivity index (χ2v) is 11.0. The molecular weight excluding hydrogens is 458 g/mol. The van der Waals surface area contributed by atoms with Gasteiger partial charge < -0.3 is 15.5 Å². The number of para-hydroxylation sites is 3. The van der Waals surface area contributed by atoms with Gasteiger partial charge in [-0.3, -0.25) is 9.59 Å². The first kappa shape index (κ1) is 23.7. The van der Waals surface area contributed by atoms with Crippen LogP contribution in [0, 0.1) is 11.3 Å². The van der Waals surface area contributed by atoms with E-state index in [0.29, 0.717) is 17.1 Å². The normalized spacial score (nSPS) is 23.2. The number of carbonyl (C=O) groups excluding carboxylic acids is 2. The van der Waals surface area contributed by atoms with Crippen molar-refractivity contribution in [1.29, 1.82) is 0 Å². The topological polar surface area (TPSA) is 61.4 Å². The maximum Gasteiger partial charge on any atom is 0.243 e. The fraction of sp³-hybridized carbons (Fsp3) is 0.379. The Kier molecular flexibility index (Phi) is 6.45. The van der Waals surface area contributed by atoms with Crippen LogP contribution in [-0.2, 0) is 9.59 Å². The molecule has 0 fully saturated rings. The fourth-order valence-electron chi connectivity index (χ4n) is 5.77. The quantitative estimate of drug-likeness (QED) is 0.476. The molecule has 0 saturated carbocycles. The van der Waals surface area contributed by atoms with Gasteiger partial charge in [0.25, 0.3) is 0 Å². The second-order valence-electron chi connectivity index (χ2n) is 10.6. The van der Waals surface area contributed by atoms with Crippen LogP contribution in [0.1, 0.15) is 46.0 Å². The van der Waals surface area contributed by atoms with Gasteiger partial charge in [-0.25, -0.2) is 0 Å². The standard InChI is InChI=1S/C29H32ClN3O2/c1-29(2)16-23-27(25(34)17-29)28(19-10-4-3-5-11-19)33(24-15-9-8-14-22(24)31-23)18-26(35)32-21-13-7-6-12-20(21)30/h3-4,6-9,12-15,19,28,31H,5,10-11,16-18H2,1-2H3,(H,32,35)/t19-,28+/m0/s1. The number of hydrogen-bond acceptors (Lipinski definition) is 4. The highest BCUT2D eigenvalue weighted by atomic mass is 35.5. The molecule has 0 bridgehead atoms. The molecule has 0 aromatic heterocycles. The number of hydrogen-bond donors (Lipinski definition) is 2. The number of carbonyl (C=O) groups is 2. The van der Waals surface area contributed by atoms with Gasteiger partial charge in [0, 0.05) is 17.7 Å². The minimum atomic E-state index is -0.174. The van der Waals surface area contributed by atoms with Crippen molar-refractivity contribution in [2.75, 3.05) is 22.1 Å². The van der Waals surface area contributed by atoms with Crippen LogP contribution in [0.4, 0.5) is 17.1 Å². The Bertz CT molecular complexity index is 1220. The highest BCUT2D eigenvalue weighted by Crippen LogP contribution is 2.46. The molecule has 1 amide bonds. The van der Waals surface area contributed by atoms with Crippen LogP contribution in [0.5, 0.6) is 0 Å². The van der Waals surface area contributed by atoms with Crippen molar-refractivity contribution < 1.29 is 9.59 Å². The van der Waals surface area contributed by atoms with Crippen LogP contribution in [0.15, 0.2) is 72.0 Å². The van der Waals surface area contributed by atoms with Crippen LogP contribution in [-0.4, -0.2) is 24.3 Å². The molecule has 0 saturated heterocycles. The monoisotopic (exact) mass is 489 g/mol. The number of rotatable bonds is 4. The molecule has 2 aromatic rings. The maximum atomic E-state index is 13.7. The third-order valence-corrected chi connectivity index (χ3v) is 7.60. The summed E-state index contributed by atoms with van der Waals surface area (Å²) in [6.07, 6.45) is 8.62. The summed E-state index contributed by atoms with van der Waals surface area (Å²) in [7, 11) is 0. The number of benzene rings is 2. The Morgan fingerprint density at radius 2 is 1.89 bits per heavy atom. The summed E-state index contributed by atoms with van der Waals surface area (Å²) in [5.74, 6) is 0.278.